The van der Waals surface area contributed by atoms with Gasteiger partial charge in [0.25, 0.3) is 5.82 Å². The fourth-order valence-corrected chi connectivity index (χ4v) is 5.85. The van der Waals surface area contributed by atoms with Crippen LogP contribution in [0.15, 0.2) is 12.4 Å². The maximum atomic E-state index is 11.8. The summed E-state index contributed by atoms with van der Waals surface area (Å²) in [6, 6.07) is 0. The highest BCUT2D eigenvalue weighted by atomic mass is 32.2. The van der Waals surface area contributed by atoms with E-state index in [4.69, 9.17) is 0 Å². The summed E-state index contributed by atoms with van der Waals surface area (Å²) in [5.74, 6) is 1.05. The smallest absolute Gasteiger partial charge is 0.253 e. The summed E-state index contributed by atoms with van der Waals surface area (Å²) in [6.07, 6.45) is 8.66. The van der Waals surface area contributed by atoms with Gasteiger partial charge < -0.3 is 4.55 Å². The predicted octanol–water partition coefficient (Wildman–Crippen LogP) is 2.35. The number of imidazole rings is 1. The third-order valence-electron chi connectivity index (χ3n) is 6.71. The summed E-state index contributed by atoms with van der Waals surface area (Å²) in [7, 11) is -2.25. The zero-order valence-electron chi connectivity index (χ0n) is 16.6. The van der Waals surface area contributed by atoms with Gasteiger partial charge in [-0.3, -0.25) is 4.79 Å². The Kier molecular flexibility index (Phi) is 6.03. The first-order valence-electron chi connectivity index (χ1n) is 9.43. The largest absolute Gasteiger partial charge is 0.748 e. The average molecular weight is 385 g/mol. The summed E-state index contributed by atoms with van der Waals surface area (Å²) in [6.45, 7) is 9.36. The zero-order valence-corrected chi connectivity index (χ0v) is 17.4. The Balaban J connectivity index is 0.000000197. The van der Waals surface area contributed by atoms with Gasteiger partial charge in [0, 0.05) is 18.8 Å². The highest BCUT2D eigenvalue weighted by Crippen LogP contribution is 2.64. The van der Waals surface area contributed by atoms with E-state index >= 15 is 0 Å². The van der Waals surface area contributed by atoms with Gasteiger partial charge in [0.1, 0.15) is 18.2 Å². The van der Waals surface area contributed by atoms with Crippen molar-refractivity contribution in [2.45, 2.75) is 66.3 Å². The topological polar surface area (TPSA) is 83.1 Å². The summed E-state index contributed by atoms with van der Waals surface area (Å²) in [5, 5.41) is 0. The van der Waals surface area contributed by atoms with Gasteiger partial charge in [0.15, 0.2) is 0 Å². The number of aryl methyl sites for hydroxylation is 2. The molecule has 2 aliphatic rings. The van der Waals surface area contributed by atoms with Crippen molar-refractivity contribution < 1.29 is 22.3 Å². The molecule has 2 bridgehead atoms. The van der Waals surface area contributed by atoms with Crippen LogP contribution in [0.2, 0.25) is 0 Å². The number of unbranched alkanes of at least 4 members (excludes halogenated alkanes) is 1. The number of hydrogen-bond donors (Lipinski definition) is 0. The van der Waals surface area contributed by atoms with Crippen molar-refractivity contribution in [3.8, 4) is 0 Å². The molecule has 7 heteroatoms. The van der Waals surface area contributed by atoms with Gasteiger partial charge in [-0.1, -0.05) is 27.2 Å². The predicted molar refractivity (Wildman–Crippen MR) is 98.4 cm³/mol. The van der Waals surface area contributed by atoms with Crippen molar-refractivity contribution in [1.82, 2.24) is 4.57 Å². The van der Waals surface area contributed by atoms with Gasteiger partial charge in [-0.05, 0) is 30.6 Å². The monoisotopic (exact) mass is 384 g/mol. The van der Waals surface area contributed by atoms with Crippen molar-refractivity contribution in [3.63, 3.8) is 0 Å². The van der Waals surface area contributed by atoms with Gasteiger partial charge in [0.2, 0.25) is 0 Å². The van der Waals surface area contributed by atoms with Crippen LogP contribution in [0.1, 0.15) is 58.7 Å². The summed E-state index contributed by atoms with van der Waals surface area (Å²) in [5.41, 5.74) is -1.22. The van der Waals surface area contributed by atoms with Gasteiger partial charge in [-0.2, -0.15) is 0 Å². The molecule has 148 valence electrons. The molecule has 1 aromatic rings. The molecule has 2 atom stereocenters. The Bertz CT molecular complexity index is 767. The van der Waals surface area contributed by atoms with Crippen LogP contribution in [0.4, 0.5) is 0 Å². The molecule has 26 heavy (non-hydrogen) atoms. The normalized spacial score (nSPS) is 26.7. The molecular formula is C19H32N2O4S. The second-order valence-corrected chi connectivity index (χ2v) is 9.78. The van der Waals surface area contributed by atoms with Crippen molar-refractivity contribution in [1.29, 1.82) is 0 Å². The van der Waals surface area contributed by atoms with E-state index in [1.54, 1.807) is 0 Å². The fourth-order valence-electron chi connectivity index (χ4n) is 4.57. The lowest BCUT2D eigenvalue weighted by Crippen LogP contribution is -2.42. The molecule has 0 amide bonds. The van der Waals surface area contributed by atoms with Crippen molar-refractivity contribution in [2.75, 3.05) is 5.75 Å². The molecule has 0 radical (unpaired) electrons. The summed E-state index contributed by atoms with van der Waals surface area (Å²) < 4.78 is 37.1. The van der Waals surface area contributed by atoms with E-state index in [0.717, 1.165) is 13.0 Å². The first kappa shape index (κ1) is 21.1. The van der Waals surface area contributed by atoms with Crippen LogP contribution in [0.25, 0.3) is 0 Å². The minimum atomic E-state index is -4.33. The number of aromatic nitrogens is 2. The van der Waals surface area contributed by atoms with Crippen LogP contribution in [-0.4, -0.2) is 29.1 Å². The molecule has 0 unspecified atom stereocenters. The van der Waals surface area contributed by atoms with Gasteiger partial charge in [-0.15, -0.1) is 0 Å². The number of nitrogens with zero attached hydrogens (tertiary/aromatic N) is 2. The SMILES string of the molecule is CC1(C)[C@@H]2CC[C@@]1(CS(=O)(=O)[O-])C(=O)C2.CCCCn1cc[n+](C)c1C. The Labute approximate surface area is 157 Å². The summed E-state index contributed by atoms with van der Waals surface area (Å²) in [4.78, 5) is 11.8. The van der Waals surface area contributed by atoms with Crippen LogP contribution in [0, 0.1) is 23.7 Å². The summed E-state index contributed by atoms with van der Waals surface area (Å²) >= 11 is 0. The quantitative estimate of drug-likeness (QED) is 0.576. The maximum Gasteiger partial charge on any atom is 0.253 e. The third-order valence-corrected chi connectivity index (χ3v) is 7.56. The number of Topliss-reactive ketones (excluding diaryl/α,β-unsaturated/α-hetero) is 1. The van der Waals surface area contributed by atoms with Crippen molar-refractivity contribution in [3.05, 3.63) is 18.2 Å². The number of rotatable bonds is 5. The van der Waals surface area contributed by atoms with E-state index in [0.29, 0.717) is 12.8 Å². The van der Waals surface area contributed by atoms with E-state index in [-0.39, 0.29) is 17.1 Å². The lowest BCUT2D eigenvalue weighted by Gasteiger charge is -2.37. The highest BCUT2D eigenvalue weighted by Gasteiger charge is 2.64. The average Bonchev–Trinajstić information content (AvgIpc) is 3.03. The number of carbonyl (C=O) groups excluding carboxylic acids is 1. The van der Waals surface area contributed by atoms with Crippen LogP contribution in [-0.2, 0) is 28.5 Å². The maximum absolute atomic E-state index is 11.8. The Morgan fingerprint density at radius 3 is 2.42 bits per heavy atom. The first-order valence-corrected chi connectivity index (χ1v) is 11.0. The molecule has 2 saturated carbocycles. The van der Waals surface area contributed by atoms with Crippen molar-refractivity contribution >= 4 is 15.9 Å². The van der Waals surface area contributed by atoms with E-state index in [1.165, 1.54) is 18.7 Å². The number of carbonyl (C=O) groups is 1. The molecular weight excluding hydrogens is 352 g/mol. The molecule has 0 saturated heterocycles. The van der Waals surface area contributed by atoms with Gasteiger partial charge in [0.05, 0.1) is 29.5 Å². The van der Waals surface area contributed by atoms with Crippen LogP contribution < -0.4 is 4.57 Å². The lowest BCUT2D eigenvalue weighted by atomic mass is 9.70. The Morgan fingerprint density at radius 1 is 1.38 bits per heavy atom. The minimum Gasteiger partial charge on any atom is -0.748 e. The molecule has 1 aromatic heterocycles. The van der Waals surface area contributed by atoms with Gasteiger partial charge >= 0.3 is 0 Å². The molecule has 0 N–H and O–H groups in total. The van der Waals surface area contributed by atoms with E-state index in [9.17, 15) is 17.8 Å². The highest BCUT2D eigenvalue weighted by molar-refractivity contribution is 7.85. The van der Waals surface area contributed by atoms with Crippen molar-refractivity contribution in [2.24, 2.45) is 23.8 Å². The molecule has 0 aromatic carbocycles. The third kappa shape index (κ3) is 3.88. The Morgan fingerprint density at radius 2 is 2.04 bits per heavy atom. The number of fused-ring (bicyclic) bond motifs is 2. The lowest BCUT2D eigenvalue weighted by molar-refractivity contribution is -0.677. The first-order chi connectivity index (χ1) is 11.9. The second-order valence-electron chi connectivity index (χ2n) is 8.37. The zero-order chi connectivity index (χ0) is 19.8. The molecule has 0 aliphatic heterocycles. The van der Waals surface area contributed by atoms with E-state index in [2.05, 4.69) is 42.4 Å². The molecule has 2 fully saturated rings. The van der Waals surface area contributed by atoms with Crippen LogP contribution >= 0.6 is 0 Å². The number of hydrogen-bond acceptors (Lipinski definition) is 4. The second kappa shape index (κ2) is 7.43. The van der Waals surface area contributed by atoms with Gasteiger partial charge in [-0.25, -0.2) is 17.6 Å². The molecule has 2 aliphatic carbocycles. The van der Waals surface area contributed by atoms with Crippen LogP contribution in [0.3, 0.4) is 0 Å². The van der Waals surface area contributed by atoms with E-state index in [1.807, 2.05) is 13.8 Å². The fraction of sp³-hybridized carbons (Fsp3) is 0.789. The molecule has 0 spiro atoms. The Hall–Kier alpha value is -1.21. The van der Waals surface area contributed by atoms with Crippen LogP contribution in [0.5, 0.6) is 0 Å². The molecule has 6 nitrogen and oxygen atoms in total. The standard InChI is InChI=1S/C10H16O4S.C9H17N2/c1-9(2)7-3-4-10(9,8(11)5-7)6-15(12,13)14;1-4-5-6-11-8-7-10(3)9(11)2/h7H,3-6H2,1-2H3,(H,12,13,14);7-8H,4-6H2,1-3H3/q;+1/p-1/t7-,10-;/m1./s1. The minimum absolute atomic E-state index is 0.0248. The number of ketones is 1. The molecule has 3 rings (SSSR count). The van der Waals surface area contributed by atoms with E-state index < -0.39 is 21.3 Å². The molecule has 1 heterocycles.